The molecule has 2 heterocycles. The third-order valence-corrected chi connectivity index (χ3v) is 7.24. The molecular formula is C32H28N2O6. The van der Waals surface area contributed by atoms with E-state index >= 15 is 0 Å². The molecule has 4 aromatic carbocycles. The van der Waals surface area contributed by atoms with Crippen LogP contribution in [0.3, 0.4) is 0 Å². The van der Waals surface area contributed by atoms with Gasteiger partial charge in [-0.05, 0) is 65.7 Å². The van der Waals surface area contributed by atoms with Crippen molar-refractivity contribution in [2.24, 2.45) is 0 Å². The lowest BCUT2D eigenvalue weighted by atomic mass is 9.78. The normalized spacial score (nSPS) is 17.6. The molecule has 2 aliphatic rings. The molecule has 0 aliphatic carbocycles. The summed E-state index contributed by atoms with van der Waals surface area (Å²) in [6, 6.07) is 26.7. The van der Waals surface area contributed by atoms with E-state index in [-0.39, 0.29) is 11.8 Å². The number of carbonyl (C=O) groups excluding carboxylic acids is 2. The number of rotatable bonds is 6. The summed E-state index contributed by atoms with van der Waals surface area (Å²) in [5.74, 6) is 1.40. The first kappa shape index (κ1) is 25.3. The molecule has 0 fully saturated rings. The maximum atomic E-state index is 14.2. The van der Waals surface area contributed by atoms with Crippen molar-refractivity contribution < 1.29 is 28.5 Å². The third-order valence-electron chi connectivity index (χ3n) is 7.24. The predicted molar refractivity (Wildman–Crippen MR) is 151 cm³/mol. The highest BCUT2D eigenvalue weighted by Crippen LogP contribution is 2.46. The number of carbonyl (C=O) groups is 2. The van der Waals surface area contributed by atoms with Gasteiger partial charge in [0.15, 0.2) is 11.5 Å². The Labute approximate surface area is 232 Å². The molecule has 0 saturated heterocycles. The van der Waals surface area contributed by atoms with Gasteiger partial charge in [-0.1, -0.05) is 30.3 Å². The third kappa shape index (κ3) is 4.58. The molecule has 0 spiro atoms. The van der Waals surface area contributed by atoms with Crippen LogP contribution in [0.25, 0.3) is 0 Å². The van der Waals surface area contributed by atoms with E-state index in [0.717, 1.165) is 5.56 Å². The number of nitrogens with one attached hydrogen (secondary N) is 1. The quantitative estimate of drug-likeness (QED) is 0.345. The zero-order valence-corrected chi connectivity index (χ0v) is 22.1. The van der Waals surface area contributed by atoms with E-state index in [9.17, 15) is 9.59 Å². The molecule has 2 atom stereocenters. The maximum Gasteiger partial charge on any atom is 0.259 e. The monoisotopic (exact) mass is 536 g/mol. The lowest BCUT2D eigenvalue weighted by Crippen LogP contribution is -2.46. The summed E-state index contributed by atoms with van der Waals surface area (Å²) in [6.45, 7) is 0.926. The summed E-state index contributed by atoms with van der Waals surface area (Å²) in [5.41, 5.74) is 3.16. The van der Waals surface area contributed by atoms with Crippen LogP contribution < -0.4 is 29.2 Å². The number of ether oxygens (including phenoxy) is 4. The minimum absolute atomic E-state index is 0.190. The Kier molecular flexibility index (Phi) is 6.74. The Balaban J connectivity index is 1.47. The summed E-state index contributed by atoms with van der Waals surface area (Å²) in [4.78, 5) is 30.0. The van der Waals surface area contributed by atoms with Gasteiger partial charge in [-0.2, -0.15) is 0 Å². The fraction of sp³-hybridized carbons (Fsp3) is 0.188. The van der Waals surface area contributed by atoms with Crippen molar-refractivity contribution >= 4 is 23.2 Å². The molecule has 6 rings (SSSR count). The van der Waals surface area contributed by atoms with Crippen LogP contribution in [-0.4, -0.2) is 39.2 Å². The van der Waals surface area contributed by atoms with E-state index in [0.29, 0.717) is 58.7 Å². The fourth-order valence-electron chi connectivity index (χ4n) is 5.33. The van der Waals surface area contributed by atoms with Crippen LogP contribution in [0.5, 0.6) is 23.0 Å². The highest BCUT2D eigenvalue weighted by Gasteiger charge is 2.45. The first-order valence-electron chi connectivity index (χ1n) is 13.0. The van der Waals surface area contributed by atoms with E-state index in [1.54, 1.807) is 55.5 Å². The molecule has 8 heteroatoms. The number of hydrogen-bond donors (Lipinski definition) is 1. The lowest BCUT2D eigenvalue weighted by Gasteiger charge is -2.42. The molecule has 202 valence electrons. The molecule has 8 nitrogen and oxygen atoms in total. The van der Waals surface area contributed by atoms with Gasteiger partial charge in [-0.15, -0.1) is 0 Å². The number of nitrogens with zero attached hydrogens (tertiary/aromatic N) is 1. The zero-order valence-electron chi connectivity index (χ0n) is 22.1. The van der Waals surface area contributed by atoms with Crippen LogP contribution >= 0.6 is 0 Å². The highest BCUT2D eigenvalue weighted by atomic mass is 16.6. The SMILES string of the molecule is COc1ccc([C@@H]2[C@H](C(=O)Nc3ccc4c(c3)OCCO4)c3ccccc3C(=O)N2c2ccc(OC)cc2)cc1. The standard InChI is InChI=1S/C32H28N2O6/c1-37-23-12-7-20(8-13-23)30-29(31(35)33-21-9-16-27-28(19-21)40-18-17-39-27)25-5-3-4-6-26(25)32(36)34(30)22-10-14-24(38-2)15-11-22/h3-16,19,29-30H,17-18H2,1-2H3,(H,33,35)/t29-,30-/m1/s1. The second-order valence-electron chi connectivity index (χ2n) is 9.50. The average molecular weight is 537 g/mol. The van der Waals surface area contributed by atoms with Crippen molar-refractivity contribution in [2.75, 3.05) is 37.7 Å². The largest absolute Gasteiger partial charge is 0.497 e. The molecule has 4 aromatic rings. The van der Waals surface area contributed by atoms with E-state index in [2.05, 4.69) is 5.32 Å². The summed E-state index contributed by atoms with van der Waals surface area (Å²) < 4.78 is 22.1. The summed E-state index contributed by atoms with van der Waals surface area (Å²) in [7, 11) is 3.19. The lowest BCUT2D eigenvalue weighted by molar-refractivity contribution is -0.118. The van der Waals surface area contributed by atoms with Crippen molar-refractivity contribution in [3.8, 4) is 23.0 Å². The van der Waals surface area contributed by atoms with Crippen LogP contribution in [0.1, 0.15) is 33.4 Å². The highest BCUT2D eigenvalue weighted by molar-refractivity contribution is 6.12. The van der Waals surface area contributed by atoms with Gasteiger partial charge in [0.05, 0.1) is 26.2 Å². The maximum absolute atomic E-state index is 14.2. The zero-order chi connectivity index (χ0) is 27.6. The molecule has 2 amide bonds. The Hall–Kier alpha value is -4.98. The van der Waals surface area contributed by atoms with E-state index in [1.165, 1.54) is 0 Å². The van der Waals surface area contributed by atoms with Gasteiger partial charge in [0, 0.05) is 23.0 Å². The van der Waals surface area contributed by atoms with E-state index in [4.69, 9.17) is 18.9 Å². The van der Waals surface area contributed by atoms with Crippen LogP contribution in [-0.2, 0) is 4.79 Å². The topological polar surface area (TPSA) is 86.3 Å². The number of fused-ring (bicyclic) bond motifs is 2. The van der Waals surface area contributed by atoms with Gasteiger partial charge in [0.25, 0.3) is 5.91 Å². The van der Waals surface area contributed by atoms with E-state index in [1.807, 2.05) is 54.6 Å². The molecule has 0 radical (unpaired) electrons. The van der Waals surface area contributed by atoms with Gasteiger partial charge in [-0.25, -0.2) is 0 Å². The van der Waals surface area contributed by atoms with Crippen LogP contribution in [0.4, 0.5) is 11.4 Å². The molecule has 1 N–H and O–H groups in total. The average Bonchev–Trinajstić information content (AvgIpc) is 3.01. The number of hydrogen-bond acceptors (Lipinski definition) is 6. The van der Waals surface area contributed by atoms with Crippen LogP contribution in [0, 0.1) is 0 Å². The van der Waals surface area contributed by atoms with Crippen LogP contribution in [0.2, 0.25) is 0 Å². The number of amides is 2. The smallest absolute Gasteiger partial charge is 0.259 e. The van der Waals surface area contributed by atoms with Crippen molar-refractivity contribution in [3.63, 3.8) is 0 Å². The Morgan fingerprint density at radius 1 is 0.825 bits per heavy atom. The predicted octanol–water partition coefficient (Wildman–Crippen LogP) is 5.60. The van der Waals surface area contributed by atoms with Gasteiger partial charge >= 0.3 is 0 Å². The van der Waals surface area contributed by atoms with Crippen molar-refractivity contribution in [3.05, 3.63) is 108 Å². The first-order valence-corrected chi connectivity index (χ1v) is 13.0. The Morgan fingerprint density at radius 3 is 2.17 bits per heavy atom. The molecule has 0 aromatic heterocycles. The Bertz CT molecular complexity index is 1550. The molecule has 0 unspecified atom stereocenters. The molecular weight excluding hydrogens is 508 g/mol. The molecule has 0 bridgehead atoms. The Morgan fingerprint density at radius 2 is 1.48 bits per heavy atom. The second-order valence-corrected chi connectivity index (χ2v) is 9.50. The molecule has 40 heavy (non-hydrogen) atoms. The van der Waals surface area contributed by atoms with Crippen molar-refractivity contribution in [1.82, 2.24) is 0 Å². The summed E-state index contributed by atoms with van der Waals surface area (Å²) >= 11 is 0. The molecule has 0 saturated carbocycles. The first-order chi connectivity index (χ1) is 19.6. The number of methoxy groups -OCH3 is 2. The number of benzene rings is 4. The molecule has 2 aliphatic heterocycles. The van der Waals surface area contributed by atoms with Crippen molar-refractivity contribution in [2.45, 2.75) is 12.0 Å². The minimum atomic E-state index is -0.724. The van der Waals surface area contributed by atoms with E-state index < -0.39 is 12.0 Å². The fourth-order valence-corrected chi connectivity index (χ4v) is 5.33. The minimum Gasteiger partial charge on any atom is -0.497 e. The number of anilines is 2. The van der Waals surface area contributed by atoms with Gasteiger partial charge in [0.2, 0.25) is 5.91 Å². The van der Waals surface area contributed by atoms with Gasteiger partial charge in [0.1, 0.15) is 24.7 Å². The van der Waals surface area contributed by atoms with Gasteiger partial charge < -0.3 is 24.3 Å². The van der Waals surface area contributed by atoms with Gasteiger partial charge in [-0.3, -0.25) is 14.5 Å². The second kappa shape index (κ2) is 10.6. The summed E-state index contributed by atoms with van der Waals surface area (Å²) in [5, 5.41) is 3.07. The van der Waals surface area contributed by atoms with Crippen molar-refractivity contribution in [1.29, 1.82) is 0 Å². The summed E-state index contributed by atoms with van der Waals surface area (Å²) in [6.07, 6.45) is 0. The van der Waals surface area contributed by atoms with Crippen LogP contribution in [0.15, 0.2) is 91.0 Å².